The fourth-order valence-electron chi connectivity index (χ4n) is 2.91. The highest BCUT2D eigenvalue weighted by molar-refractivity contribution is 5.96. The summed E-state index contributed by atoms with van der Waals surface area (Å²) in [6, 6.07) is 6.45. The summed E-state index contributed by atoms with van der Waals surface area (Å²) in [4.78, 5) is 30.4. The zero-order valence-corrected chi connectivity index (χ0v) is 14.6. The minimum Gasteiger partial charge on any atom is -0.446 e. The van der Waals surface area contributed by atoms with E-state index in [9.17, 15) is 22.8 Å². The van der Waals surface area contributed by atoms with Crippen LogP contribution in [0.3, 0.4) is 0 Å². The summed E-state index contributed by atoms with van der Waals surface area (Å²) in [6.45, 7) is -1.20. The van der Waals surface area contributed by atoms with E-state index < -0.39 is 35.3 Å². The number of rotatable bonds is 4. The highest BCUT2D eigenvalue weighted by atomic mass is 19.1. The maximum Gasteiger partial charge on any atom is 0.414 e. The molecule has 0 unspecified atom stereocenters. The molecule has 2 heterocycles. The van der Waals surface area contributed by atoms with Gasteiger partial charge in [-0.1, -0.05) is 6.07 Å². The third kappa shape index (κ3) is 3.37. The molecule has 0 atom stereocenters. The summed E-state index contributed by atoms with van der Waals surface area (Å²) < 4.78 is 45.1. The molecule has 0 aliphatic rings. The van der Waals surface area contributed by atoms with E-state index in [4.69, 9.17) is 0 Å². The summed E-state index contributed by atoms with van der Waals surface area (Å²) in [7, 11) is 0. The van der Waals surface area contributed by atoms with Gasteiger partial charge in [-0.25, -0.2) is 28.0 Å². The van der Waals surface area contributed by atoms with Crippen LogP contribution in [0.5, 0.6) is 0 Å². The Morgan fingerprint density at radius 2 is 1.90 bits per heavy atom. The molecular weight excluding hydrogens is 391 g/mol. The predicted molar refractivity (Wildman–Crippen MR) is 98.3 cm³/mol. The fourth-order valence-corrected chi connectivity index (χ4v) is 2.91. The number of carbonyl (C=O) groups is 1. The Kier molecular flexibility index (Phi) is 4.63. The third-order valence-corrected chi connectivity index (χ3v) is 4.12. The number of alkyl halides is 1. The number of nitrogens with one attached hydrogen (secondary N) is 3. The molecule has 0 spiro atoms. The Bertz CT molecular complexity index is 1300. The van der Waals surface area contributed by atoms with E-state index in [-0.39, 0.29) is 23.6 Å². The van der Waals surface area contributed by atoms with Gasteiger partial charge in [-0.2, -0.15) is 5.10 Å². The van der Waals surface area contributed by atoms with Gasteiger partial charge in [0.2, 0.25) is 5.95 Å². The molecule has 0 radical (unpaired) electrons. The predicted octanol–water partition coefficient (Wildman–Crippen LogP) is 3.26. The first-order valence-corrected chi connectivity index (χ1v) is 8.34. The zero-order chi connectivity index (χ0) is 20.5. The molecule has 0 bridgehead atoms. The SMILES string of the molecule is O=C(Nc1nc2ccc(-c3n[nH]c(=O)c4c(F)ccc(F)c34)cc2[nH]1)OCCF. The van der Waals surface area contributed by atoms with Crippen molar-refractivity contribution in [1.29, 1.82) is 0 Å². The van der Waals surface area contributed by atoms with Gasteiger partial charge in [-0.05, 0) is 24.3 Å². The van der Waals surface area contributed by atoms with Crippen LogP contribution in [-0.4, -0.2) is 39.5 Å². The molecule has 0 aliphatic carbocycles. The zero-order valence-electron chi connectivity index (χ0n) is 14.6. The highest BCUT2D eigenvalue weighted by Gasteiger charge is 2.17. The number of carbonyl (C=O) groups excluding carboxylic acids is 1. The van der Waals surface area contributed by atoms with Gasteiger partial charge >= 0.3 is 6.09 Å². The van der Waals surface area contributed by atoms with Crippen LogP contribution in [-0.2, 0) is 4.74 Å². The first-order chi connectivity index (χ1) is 14.0. The molecule has 0 saturated carbocycles. The molecule has 148 valence electrons. The van der Waals surface area contributed by atoms with Gasteiger partial charge in [0.1, 0.15) is 30.6 Å². The first kappa shape index (κ1) is 18.5. The van der Waals surface area contributed by atoms with Gasteiger partial charge in [-0.15, -0.1) is 0 Å². The Labute approximate surface area is 159 Å². The molecule has 2 aromatic heterocycles. The lowest BCUT2D eigenvalue weighted by Crippen LogP contribution is -2.15. The number of imidazole rings is 1. The number of aromatic amines is 2. The minimum atomic E-state index is -0.882. The smallest absolute Gasteiger partial charge is 0.414 e. The minimum absolute atomic E-state index is 0.0324. The van der Waals surface area contributed by atoms with E-state index >= 15 is 0 Å². The molecule has 4 aromatic rings. The van der Waals surface area contributed by atoms with Gasteiger partial charge in [-0.3, -0.25) is 10.1 Å². The van der Waals surface area contributed by atoms with Gasteiger partial charge in [0, 0.05) is 5.56 Å². The van der Waals surface area contributed by atoms with Crippen LogP contribution in [0.25, 0.3) is 33.1 Å². The summed E-state index contributed by atoms with van der Waals surface area (Å²) in [6.07, 6.45) is -0.882. The number of fused-ring (bicyclic) bond motifs is 2. The second-order valence-electron chi connectivity index (χ2n) is 5.95. The van der Waals surface area contributed by atoms with Crippen LogP contribution in [0, 0.1) is 11.6 Å². The maximum atomic E-state index is 14.4. The number of nitrogens with zero attached hydrogens (tertiary/aromatic N) is 2. The van der Waals surface area contributed by atoms with Crippen LogP contribution < -0.4 is 10.9 Å². The van der Waals surface area contributed by atoms with Crippen molar-refractivity contribution in [2.45, 2.75) is 0 Å². The molecule has 0 saturated heterocycles. The molecule has 11 heteroatoms. The topological polar surface area (TPSA) is 113 Å². The number of ether oxygens (including phenoxy) is 1. The normalized spacial score (nSPS) is 11.1. The fraction of sp³-hybridized carbons (Fsp3) is 0.111. The van der Waals surface area contributed by atoms with Crippen LogP contribution in [0.15, 0.2) is 35.1 Å². The number of halogens is 3. The summed E-state index contributed by atoms with van der Waals surface area (Å²) in [5.41, 5.74) is 0.459. The van der Waals surface area contributed by atoms with Gasteiger partial charge in [0.25, 0.3) is 5.56 Å². The number of aromatic nitrogens is 4. The first-order valence-electron chi connectivity index (χ1n) is 8.34. The van der Waals surface area contributed by atoms with Crippen molar-refractivity contribution < 1.29 is 22.7 Å². The Hall–Kier alpha value is -3.89. The third-order valence-electron chi connectivity index (χ3n) is 4.12. The van der Waals surface area contributed by atoms with E-state index in [0.717, 1.165) is 12.1 Å². The molecule has 4 rings (SSSR count). The van der Waals surface area contributed by atoms with E-state index in [1.807, 2.05) is 0 Å². The number of anilines is 1. The molecule has 2 aromatic carbocycles. The molecular formula is C18H12F3N5O3. The molecule has 0 aliphatic heterocycles. The number of benzene rings is 2. The van der Waals surface area contributed by atoms with Crippen molar-refractivity contribution in [2.24, 2.45) is 0 Å². The Morgan fingerprint density at radius 1 is 1.14 bits per heavy atom. The second kappa shape index (κ2) is 7.26. The van der Waals surface area contributed by atoms with Crippen LogP contribution in [0.1, 0.15) is 0 Å². The van der Waals surface area contributed by atoms with Crippen LogP contribution in [0.2, 0.25) is 0 Å². The van der Waals surface area contributed by atoms with E-state index in [0.29, 0.717) is 16.6 Å². The monoisotopic (exact) mass is 403 g/mol. The van der Waals surface area contributed by atoms with E-state index in [1.54, 1.807) is 18.2 Å². The Balaban J connectivity index is 1.78. The Morgan fingerprint density at radius 3 is 2.66 bits per heavy atom. The van der Waals surface area contributed by atoms with E-state index in [2.05, 4.69) is 30.2 Å². The van der Waals surface area contributed by atoms with Crippen molar-refractivity contribution in [3.8, 4) is 11.3 Å². The van der Waals surface area contributed by atoms with Crippen LogP contribution in [0.4, 0.5) is 23.9 Å². The van der Waals surface area contributed by atoms with Crippen molar-refractivity contribution in [2.75, 3.05) is 18.6 Å². The highest BCUT2D eigenvalue weighted by Crippen LogP contribution is 2.30. The lowest BCUT2D eigenvalue weighted by molar-refractivity contribution is 0.152. The standard InChI is InChI=1S/C18H12F3N5O3/c19-5-6-29-18(28)24-17-22-11-4-1-8(7-12(11)23-17)15-13-9(20)2-3-10(21)14(13)16(27)26-25-15/h1-4,7H,5-6H2,(H,26,27)(H2,22,23,24,28). The summed E-state index contributed by atoms with van der Waals surface area (Å²) >= 11 is 0. The molecule has 1 amide bonds. The molecule has 3 N–H and O–H groups in total. The quantitative estimate of drug-likeness (QED) is 0.484. The molecule has 0 fully saturated rings. The number of hydrogen-bond donors (Lipinski definition) is 3. The summed E-state index contributed by atoms with van der Waals surface area (Å²) in [5.74, 6) is -1.61. The maximum absolute atomic E-state index is 14.4. The second-order valence-corrected chi connectivity index (χ2v) is 5.95. The lowest BCUT2D eigenvalue weighted by Gasteiger charge is -2.07. The van der Waals surface area contributed by atoms with Crippen molar-refractivity contribution in [1.82, 2.24) is 20.2 Å². The summed E-state index contributed by atoms with van der Waals surface area (Å²) in [5, 5.41) is 7.67. The average molecular weight is 403 g/mol. The van der Waals surface area contributed by atoms with Crippen molar-refractivity contribution in [3.05, 3.63) is 52.3 Å². The average Bonchev–Trinajstić information content (AvgIpc) is 3.10. The largest absolute Gasteiger partial charge is 0.446 e. The van der Waals surface area contributed by atoms with E-state index in [1.165, 1.54) is 0 Å². The van der Waals surface area contributed by atoms with Gasteiger partial charge in [0.15, 0.2) is 0 Å². The molecule has 8 nitrogen and oxygen atoms in total. The van der Waals surface area contributed by atoms with Crippen molar-refractivity contribution >= 4 is 33.8 Å². The number of hydrogen-bond acceptors (Lipinski definition) is 5. The number of amides is 1. The molecule has 29 heavy (non-hydrogen) atoms. The van der Waals surface area contributed by atoms with Crippen LogP contribution >= 0.6 is 0 Å². The van der Waals surface area contributed by atoms with Gasteiger partial charge < -0.3 is 9.72 Å². The van der Waals surface area contributed by atoms with Crippen molar-refractivity contribution in [3.63, 3.8) is 0 Å². The van der Waals surface area contributed by atoms with Gasteiger partial charge in [0.05, 0.1) is 21.8 Å². The lowest BCUT2D eigenvalue weighted by atomic mass is 10.0. The number of H-pyrrole nitrogens is 2.